The summed E-state index contributed by atoms with van der Waals surface area (Å²) in [6.07, 6.45) is 0. The molecule has 0 aromatic heterocycles. The smallest absolute Gasteiger partial charge is 0.123 e. The number of halogens is 1. The van der Waals surface area contributed by atoms with Gasteiger partial charge in [0.25, 0.3) is 0 Å². The van der Waals surface area contributed by atoms with E-state index in [-0.39, 0.29) is 11.7 Å². The van der Waals surface area contributed by atoms with Gasteiger partial charge in [-0.2, -0.15) is 0 Å². The minimum atomic E-state index is -1.35. The second-order valence-corrected chi connectivity index (χ2v) is 13.2. The highest BCUT2D eigenvalue weighted by molar-refractivity contribution is 6.78. The van der Waals surface area contributed by atoms with Crippen LogP contribution in [0, 0.1) is 11.7 Å². The fraction of sp³-hybridized carbons (Fsp3) is 0.368. The zero-order chi connectivity index (χ0) is 15.7. The average molecular weight is 312 g/mol. The van der Waals surface area contributed by atoms with Gasteiger partial charge < -0.3 is 5.11 Å². The van der Waals surface area contributed by atoms with Crippen molar-refractivity contribution in [3.8, 4) is 0 Å². The zero-order valence-corrected chi connectivity index (χ0v) is 14.2. The number of fused-ring (bicyclic) bond motifs is 3. The third-order valence-corrected chi connectivity index (χ3v) is 8.24. The number of benzene rings is 2. The van der Waals surface area contributed by atoms with E-state index in [4.69, 9.17) is 0 Å². The van der Waals surface area contributed by atoms with Crippen molar-refractivity contribution in [2.75, 3.05) is 0 Å². The maximum atomic E-state index is 13.3. The van der Waals surface area contributed by atoms with Crippen molar-refractivity contribution < 1.29 is 9.50 Å². The quantitative estimate of drug-likeness (QED) is 0.810. The van der Waals surface area contributed by atoms with Crippen LogP contribution in [0.2, 0.25) is 25.2 Å². The molecule has 114 valence electrons. The summed E-state index contributed by atoms with van der Waals surface area (Å²) in [5.41, 5.74) is 2.78. The molecule has 0 spiro atoms. The standard InChI is InChI=1S/C19H21FOSi/c1-22(2,3)18-16-14-6-4-5-7-15(14)19(21,17(16)18)12-8-10-13(20)11-9-12/h4-11,16-18,21H,1-3H3/t16-,17+,18+,19+/m0/s1. The average Bonchev–Trinajstić information content (AvgIpc) is 3.18. The van der Waals surface area contributed by atoms with Crippen LogP contribution in [0.15, 0.2) is 48.5 Å². The highest BCUT2D eigenvalue weighted by Crippen LogP contribution is 2.76. The van der Waals surface area contributed by atoms with Crippen LogP contribution in [0.25, 0.3) is 0 Å². The predicted molar refractivity (Wildman–Crippen MR) is 89.2 cm³/mol. The van der Waals surface area contributed by atoms with Crippen LogP contribution in [0.1, 0.15) is 22.6 Å². The van der Waals surface area contributed by atoms with Crippen LogP contribution in [0.3, 0.4) is 0 Å². The molecule has 2 aliphatic rings. The van der Waals surface area contributed by atoms with E-state index < -0.39 is 13.7 Å². The minimum absolute atomic E-state index is 0.252. The van der Waals surface area contributed by atoms with Gasteiger partial charge >= 0.3 is 0 Å². The lowest BCUT2D eigenvalue weighted by Gasteiger charge is -2.31. The predicted octanol–water partition coefficient (Wildman–Crippen LogP) is 4.50. The van der Waals surface area contributed by atoms with E-state index in [1.807, 2.05) is 12.1 Å². The van der Waals surface area contributed by atoms with Crippen molar-refractivity contribution in [1.82, 2.24) is 0 Å². The van der Waals surface area contributed by atoms with E-state index in [2.05, 4.69) is 31.8 Å². The Kier molecular flexibility index (Phi) is 2.77. The van der Waals surface area contributed by atoms with Gasteiger partial charge in [0.1, 0.15) is 11.4 Å². The van der Waals surface area contributed by atoms with Gasteiger partial charge in [-0.05, 0) is 40.3 Å². The van der Waals surface area contributed by atoms with Gasteiger partial charge in [0.15, 0.2) is 0 Å². The molecule has 0 heterocycles. The van der Waals surface area contributed by atoms with Crippen molar-refractivity contribution in [2.45, 2.75) is 36.7 Å². The summed E-state index contributed by atoms with van der Waals surface area (Å²) < 4.78 is 13.3. The molecule has 0 amide bonds. The monoisotopic (exact) mass is 312 g/mol. The summed E-state index contributed by atoms with van der Waals surface area (Å²) >= 11 is 0. The second kappa shape index (κ2) is 4.30. The Morgan fingerprint density at radius 3 is 2.27 bits per heavy atom. The van der Waals surface area contributed by atoms with Gasteiger partial charge in [0.2, 0.25) is 0 Å². The van der Waals surface area contributed by atoms with Gasteiger partial charge in [-0.1, -0.05) is 56.0 Å². The third kappa shape index (κ3) is 1.72. The normalized spacial score (nSPS) is 32.5. The molecule has 2 aliphatic carbocycles. The Labute approximate surface area is 131 Å². The molecule has 2 aromatic rings. The Morgan fingerprint density at radius 1 is 1.00 bits per heavy atom. The summed E-state index contributed by atoms with van der Waals surface area (Å²) in [6, 6.07) is 14.6. The van der Waals surface area contributed by atoms with Crippen LogP contribution in [0.5, 0.6) is 0 Å². The largest absolute Gasteiger partial charge is 0.380 e. The van der Waals surface area contributed by atoms with E-state index in [0.717, 1.165) is 11.1 Å². The maximum absolute atomic E-state index is 13.3. The maximum Gasteiger partial charge on any atom is 0.123 e. The summed E-state index contributed by atoms with van der Waals surface area (Å²) in [5.74, 6) is 0.465. The molecule has 1 saturated carbocycles. The van der Waals surface area contributed by atoms with Crippen molar-refractivity contribution in [3.05, 3.63) is 71.0 Å². The lowest BCUT2D eigenvalue weighted by molar-refractivity contribution is 0.0623. The highest BCUT2D eigenvalue weighted by Gasteiger charge is 2.70. The zero-order valence-electron chi connectivity index (χ0n) is 13.2. The molecule has 1 N–H and O–H groups in total. The van der Waals surface area contributed by atoms with Gasteiger partial charge in [-0.25, -0.2) is 4.39 Å². The topological polar surface area (TPSA) is 20.2 Å². The molecule has 0 unspecified atom stereocenters. The van der Waals surface area contributed by atoms with Gasteiger partial charge in [-0.3, -0.25) is 0 Å². The van der Waals surface area contributed by atoms with E-state index >= 15 is 0 Å². The van der Waals surface area contributed by atoms with Crippen LogP contribution < -0.4 is 0 Å². The molecular weight excluding hydrogens is 291 g/mol. The molecule has 4 rings (SSSR count). The van der Waals surface area contributed by atoms with Crippen LogP contribution in [-0.2, 0) is 5.60 Å². The number of hydrogen-bond acceptors (Lipinski definition) is 1. The molecule has 4 atom stereocenters. The second-order valence-electron chi connectivity index (χ2n) is 7.80. The summed E-state index contributed by atoms with van der Waals surface area (Å²) in [4.78, 5) is 0. The summed E-state index contributed by atoms with van der Waals surface area (Å²) in [6.45, 7) is 7.14. The number of rotatable bonds is 2. The van der Waals surface area contributed by atoms with Crippen LogP contribution in [-0.4, -0.2) is 13.2 Å². The molecule has 0 radical (unpaired) electrons. The van der Waals surface area contributed by atoms with Crippen molar-refractivity contribution in [3.63, 3.8) is 0 Å². The first-order valence-electron chi connectivity index (χ1n) is 7.93. The molecule has 0 aliphatic heterocycles. The lowest BCUT2D eigenvalue weighted by atomic mass is 9.84. The first-order valence-corrected chi connectivity index (χ1v) is 11.5. The van der Waals surface area contributed by atoms with Crippen molar-refractivity contribution in [2.24, 2.45) is 5.92 Å². The SMILES string of the molecule is C[Si](C)(C)[C@@H]1[C@H]2c3ccccc3[C@](O)(c3ccc(F)cc3)[C@H]21. The molecule has 2 aromatic carbocycles. The van der Waals surface area contributed by atoms with Crippen molar-refractivity contribution >= 4 is 8.07 Å². The molecule has 0 bridgehead atoms. The Balaban J connectivity index is 1.89. The first-order chi connectivity index (χ1) is 10.3. The first kappa shape index (κ1) is 14.2. The van der Waals surface area contributed by atoms with Gasteiger partial charge in [0, 0.05) is 14.0 Å². The molecule has 0 saturated heterocycles. The fourth-order valence-electron chi connectivity index (χ4n) is 4.66. The molecule has 1 fully saturated rings. The summed E-state index contributed by atoms with van der Waals surface area (Å²) in [7, 11) is -1.35. The van der Waals surface area contributed by atoms with Crippen molar-refractivity contribution in [1.29, 1.82) is 0 Å². The summed E-state index contributed by atoms with van der Waals surface area (Å²) in [5, 5.41) is 11.6. The van der Waals surface area contributed by atoms with Gasteiger partial charge in [0.05, 0.1) is 0 Å². The fourth-order valence-corrected chi connectivity index (χ4v) is 7.54. The number of hydrogen-bond donors (Lipinski definition) is 1. The van der Waals surface area contributed by atoms with E-state index in [1.54, 1.807) is 12.1 Å². The Morgan fingerprint density at radius 2 is 1.64 bits per heavy atom. The van der Waals surface area contributed by atoms with E-state index in [0.29, 0.717) is 11.5 Å². The van der Waals surface area contributed by atoms with Crippen LogP contribution in [0.4, 0.5) is 4.39 Å². The molecule has 3 heteroatoms. The van der Waals surface area contributed by atoms with E-state index in [9.17, 15) is 9.50 Å². The Hall–Kier alpha value is -1.45. The molecular formula is C19H21FOSi. The molecule has 1 nitrogen and oxygen atoms in total. The Bertz CT molecular complexity index is 734. The van der Waals surface area contributed by atoms with Crippen LogP contribution >= 0.6 is 0 Å². The highest BCUT2D eigenvalue weighted by atomic mass is 28.3. The number of aliphatic hydroxyl groups is 1. The molecule has 22 heavy (non-hydrogen) atoms. The minimum Gasteiger partial charge on any atom is -0.380 e. The van der Waals surface area contributed by atoms with Gasteiger partial charge in [-0.15, -0.1) is 0 Å². The third-order valence-electron chi connectivity index (χ3n) is 5.52. The van der Waals surface area contributed by atoms with E-state index in [1.165, 1.54) is 17.7 Å². The lowest BCUT2D eigenvalue weighted by Crippen LogP contribution is -2.33.